The lowest BCUT2D eigenvalue weighted by Gasteiger charge is -2.44. The van der Waals surface area contributed by atoms with Crippen molar-refractivity contribution >= 4 is 32.4 Å². The van der Waals surface area contributed by atoms with Gasteiger partial charge in [0.25, 0.3) is 0 Å². The molecular weight excluding hydrogens is 431 g/mol. The van der Waals surface area contributed by atoms with Gasteiger partial charge in [0.1, 0.15) is 11.4 Å². The number of alkyl carbamates (subject to hydrolysis) is 1. The first-order valence-electron chi connectivity index (χ1n) is 10.2. The summed E-state index contributed by atoms with van der Waals surface area (Å²) in [4.78, 5) is 47.9. The van der Waals surface area contributed by atoms with E-state index in [1.54, 1.807) is 13.8 Å². The normalized spacial score (nSPS) is 20.5. The van der Waals surface area contributed by atoms with E-state index in [0.29, 0.717) is 12.8 Å². The van der Waals surface area contributed by atoms with Crippen LogP contribution in [0.4, 0.5) is 4.79 Å². The molecule has 31 heavy (non-hydrogen) atoms. The molecular formula is C19H33N2O9P. The minimum atomic E-state index is -2.12. The average Bonchev–Trinajstić information content (AvgIpc) is 3.18. The summed E-state index contributed by atoms with van der Waals surface area (Å²) >= 11 is 0. The Morgan fingerprint density at radius 1 is 1.00 bits per heavy atom. The Hall–Kier alpha value is -2.13. The maximum atomic E-state index is 13.0. The Labute approximate surface area is 182 Å². The molecule has 12 heteroatoms. The standard InChI is InChI=1S/C19H33N2O9P/c1-10(2)15(24)29-13(5)30-17(26)21-12(4)19(27,31-28)18(8-6-7-9-18)16(25)20-11(3)14(22)23/h10-13,27H,6-9,31H2,1-5H3,(H,20,25)(H,21,26)(H,22,23). The number of rotatable bonds is 10. The summed E-state index contributed by atoms with van der Waals surface area (Å²) in [6, 6.07) is -2.38. The molecule has 0 bridgehead atoms. The van der Waals surface area contributed by atoms with Crippen LogP contribution in [0.5, 0.6) is 0 Å². The van der Waals surface area contributed by atoms with Crippen LogP contribution in [-0.4, -0.2) is 57.9 Å². The van der Waals surface area contributed by atoms with Gasteiger partial charge in [0.05, 0.1) is 25.8 Å². The van der Waals surface area contributed by atoms with Gasteiger partial charge in [0.15, 0.2) is 0 Å². The van der Waals surface area contributed by atoms with Crippen LogP contribution < -0.4 is 10.6 Å². The molecule has 1 rings (SSSR count). The number of carbonyl (C=O) groups excluding carboxylic acids is 3. The van der Waals surface area contributed by atoms with Crippen LogP contribution in [0.15, 0.2) is 0 Å². The second kappa shape index (κ2) is 10.9. The van der Waals surface area contributed by atoms with Crippen molar-refractivity contribution in [2.24, 2.45) is 11.3 Å². The Kier molecular flexibility index (Phi) is 9.50. The number of aliphatic hydroxyl groups is 1. The molecule has 0 aromatic heterocycles. The monoisotopic (exact) mass is 464 g/mol. The van der Waals surface area contributed by atoms with E-state index in [9.17, 15) is 28.8 Å². The van der Waals surface area contributed by atoms with Crippen LogP contribution in [0.3, 0.4) is 0 Å². The highest BCUT2D eigenvalue weighted by Gasteiger charge is 2.59. The minimum Gasteiger partial charge on any atom is -0.480 e. The highest BCUT2D eigenvalue weighted by Crippen LogP contribution is 2.53. The van der Waals surface area contributed by atoms with Gasteiger partial charge in [-0.3, -0.25) is 14.4 Å². The van der Waals surface area contributed by atoms with E-state index in [-0.39, 0.29) is 12.8 Å². The van der Waals surface area contributed by atoms with Crippen LogP contribution in [-0.2, 0) is 28.4 Å². The number of carboxylic acids is 1. The number of aliphatic carboxylic acids is 1. The van der Waals surface area contributed by atoms with Gasteiger partial charge in [-0.25, -0.2) is 4.79 Å². The van der Waals surface area contributed by atoms with Crippen molar-refractivity contribution in [2.75, 3.05) is 0 Å². The summed E-state index contributed by atoms with van der Waals surface area (Å²) < 4.78 is 22.1. The second-order valence-corrected chi connectivity index (χ2v) is 9.31. The Balaban J connectivity index is 2.99. The third kappa shape index (κ3) is 6.20. The van der Waals surface area contributed by atoms with Crippen LogP contribution in [0.2, 0.25) is 0 Å². The van der Waals surface area contributed by atoms with Gasteiger partial charge in [-0.15, -0.1) is 0 Å². The first-order chi connectivity index (χ1) is 14.3. The molecule has 11 nitrogen and oxygen atoms in total. The van der Waals surface area contributed by atoms with Gasteiger partial charge in [-0.05, 0) is 26.7 Å². The van der Waals surface area contributed by atoms with Gasteiger partial charge in [0.2, 0.25) is 12.2 Å². The van der Waals surface area contributed by atoms with E-state index in [2.05, 4.69) is 10.6 Å². The maximum absolute atomic E-state index is 13.0. The van der Waals surface area contributed by atoms with E-state index in [1.807, 2.05) is 0 Å². The average molecular weight is 464 g/mol. The molecule has 0 radical (unpaired) electrons. The molecule has 2 amide bonds. The second-order valence-electron chi connectivity index (χ2n) is 8.20. The SMILES string of the molecule is CC(OC(=O)NC(C)C(O)([PH2]=O)C1(C(=O)NC(C)C(=O)O)CCCC1)OC(=O)C(C)C. The van der Waals surface area contributed by atoms with Crippen molar-refractivity contribution in [3.8, 4) is 0 Å². The van der Waals surface area contributed by atoms with Crippen molar-refractivity contribution in [1.29, 1.82) is 0 Å². The van der Waals surface area contributed by atoms with E-state index in [0.717, 1.165) is 0 Å². The number of hydrogen-bond acceptors (Lipinski definition) is 8. The highest BCUT2D eigenvalue weighted by molar-refractivity contribution is 7.26. The highest BCUT2D eigenvalue weighted by atomic mass is 31.1. The maximum Gasteiger partial charge on any atom is 0.410 e. The number of esters is 1. The van der Waals surface area contributed by atoms with E-state index >= 15 is 0 Å². The lowest BCUT2D eigenvalue weighted by atomic mass is 9.75. The number of carboxylic acid groups (broad SMARTS) is 1. The first-order valence-corrected chi connectivity index (χ1v) is 11.3. The largest absolute Gasteiger partial charge is 0.480 e. The van der Waals surface area contributed by atoms with Gasteiger partial charge in [0, 0.05) is 6.92 Å². The summed E-state index contributed by atoms with van der Waals surface area (Å²) in [7, 11) is -1.98. The predicted octanol–water partition coefficient (Wildman–Crippen LogP) is 1.24. The fraction of sp³-hybridized carbons (Fsp3) is 0.789. The Bertz CT molecular complexity index is 708. The zero-order valence-electron chi connectivity index (χ0n) is 18.5. The molecule has 0 saturated heterocycles. The van der Waals surface area contributed by atoms with E-state index in [1.165, 1.54) is 20.8 Å². The number of amides is 2. The van der Waals surface area contributed by atoms with Crippen LogP contribution in [0.25, 0.3) is 0 Å². The molecule has 1 aliphatic rings. The third-order valence-corrected chi connectivity index (χ3v) is 6.99. The molecule has 0 aromatic carbocycles. The molecule has 1 aliphatic carbocycles. The lowest BCUT2D eigenvalue weighted by Crippen LogP contribution is -2.63. The van der Waals surface area contributed by atoms with Crippen molar-refractivity contribution in [3.63, 3.8) is 0 Å². The fourth-order valence-electron chi connectivity index (χ4n) is 3.61. The predicted molar refractivity (Wildman–Crippen MR) is 111 cm³/mol. The topological polar surface area (TPSA) is 168 Å². The Morgan fingerprint density at radius 2 is 1.55 bits per heavy atom. The molecule has 1 fully saturated rings. The van der Waals surface area contributed by atoms with Gasteiger partial charge < -0.3 is 34.9 Å². The smallest absolute Gasteiger partial charge is 0.410 e. The van der Waals surface area contributed by atoms with Crippen molar-refractivity contribution in [2.45, 2.75) is 84.0 Å². The van der Waals surface area contributed by atoms with Crippen LogP contribution >= 0.6 is 8.46 Å². The zero-order chi connectivity index (χ0) is 24.0. The molecule has 5 unspecified atom stereocenters. The third-order valence-electron chi connectivity index (χ3n) is 5.58. The number of nitrogens with one attached hydrogen (secondary N) is 2. The number of hydrogen-bond donors (Lipinski definition) is 4. The van der Waals surface area contributed by atoms with Crippen molar-refractivity contribution in [1.82, 2.24) is 10.6 Å². The molecule has 0 spiro atoms. The van der Waals surface area contributed by atoms with Crippen molar-refractivity contribution < 1.29 is 43.4 Å². The molecule has 5 atom stereocenters. The molecule has 0 aliphatic heterocycles. The minimum absolute atomic E-state index is 0.181. The summed E-state index contributed by atoms with van der Waals surface area (Å²) in [5.41, 5.74) is -1.53. The molecule has 1 saturated carbocycles. The number of ether oxygens (including phenoxy) is 2. The van der Waals surface area contributed by atoms with Gasteiger partial charge in [-0.2, -0.15) is 0 Å². The Morgan fingerprint density at radius 3 is 2.00 bits per heavy atom. The lowest BCUT2D eigenvalue weighted by molar-refractivity contribution is -0.169. The summed E-state index contributed by atoms with van der Waals surface area (Å²) in [5, 5.41) is 23.0. The van der Waals surface area contributed by atoms with Gasteiger partial charge in [-0.1, -0.05) is 26.7 Å². The zero-order valence-corrected chi connectivity index (χ0v) is 19.6. The fourth-order valence-corrected chi connectivity index (χ4v) is 4.54. The summed E-state index contributed by atoms with van der Waals surface area (Å²) in [6.07, 6.45) is -0.738. The molecule has 0 aromatic rings. The first kappa shape index (κ1) is 26.9. The number of carbonyl (C=O) groups is 4. The van der Waals surface area contributed by atoms with E-state index in [4.69, 9.17) is 14.6 Å². The van der Waals surface area contributed by atoms with Gasteiger partial charge >= 0.3 is 18.0 Å². The summed E-state index contributed by atoms with van der Waals surface area (Å²) in [6.45, 7) is 7.24. The van der Waals surface area contributed by atoms with Crippen LogP contribution in [0.1, 0.15) is 60.3 Å². The van der Waals surface area contributed by atoms with E-state index < -0.39 is 67.4 Å². The van der Waals surface area contributed by atoms with Crippen LogP contribution in [0, 0.1) is 11.3 Å². The molecule has 178 valence electrons. The molecule has 4 N–H and O–H groups in total. The molecule has 0 heterocycles. The quantitative estimate of drug-likeness (QED) is 0.211. The van der Waals surface area contributed by atoms with Crippen molar-refractivity contribution in [3.05, 3.63) is 0 Å². The summed E-state index contributed by atoms with van der Waals surface area (Å²) in [5.74, 6) is -2.97.